The Balaban J connectivity index is 2.19. The van der Waals surface area contributed by atoms with Crippen LogP contribution in [-0.2, 0) is 7.05 Å². The molecule has 122 valence electrons. The van der Waals surface area contributed by atoms with E-state index in [-0.39, 0.29) is 0 Å². The number of aromatic nitrogens is 1. The van der Waals surface area contributed by atoms with Crippen molar-refractivity contribution in [1.82, 2.24) is 0 Å². The van der Waals surface area contributed by atoms with Crippen LogP contribution in [0, 0.1) is 34.5 Å². The summed E-state index contributed by atoms with van der Waals surface area (Å²) in [6.45, 7) is 6.00. The van der Waals surface area contributed by atoms with Crippen molar-refractivity contribution in [2.45, 2.75) is 34.5 Å². The Hall–Kier alpha value is -2.41. The van der Waals surface area contributed by atoms with Crippen molar-refractivity contribution < 1.29 is 8.68 Å². The predicted molar refractivity (Wildman–Crippen MR) is 102 cm³/mol. The highest BCUT2D eigenvalue weighted by molar-refractivity contribution is 5.67. The summed E-state index contributed by atoms with van der Waals surface area (Å²) in [5, 5.41) is 0. The zero-order valence-electron chi connectivity index (χ0n) is 18.1. The van der Waals surface area contributed by atoms with Crippen LogP contribution in [0.4, 0.5) is 0 Å². The first-order valence-corrected chi connectivity index (χ1v) is 8.28. The van der Waals surface area contributed by atoms with Crippen molar-refractivity contribution in [2.24, 2.45) is 7.05 Å². The molecule has 1 heterocycles. The van der Waals surface area contributed by atoms with E-state index in [9.17, 15) is 0 Å². The normalized spacial score (nSPS) is 13.3. The van der Waals surface area contributed by atoms with Crippen molar-refractivity contribution in [3.05, 3.63) is 76.3 Å². The Morgan fingerprint density at radius 3 is 2.04 bits per heavy atom. The second kappa shape index (κ2) is 6.24. The van der Waals surface area contributed by atoms with Gasteiger partial charge in [-0.1, -0.05) is 23.8 Å². The molecule has 0 unspecified atom stereocenters. The largest absolute Gasteiger partial charge is 0.213 e. The van der Waals surface area contributed by atoms with Gasteiger partial charge in [0.05, 0.1) is 0 Å². The van der Waals surface area contributed by atoms with Crippen molar-refractivity contribution in [2.75, 3.05) is 0 Å². The maximum atomic E-state index is 7.74. The number of hydrogen-bond donors (Lipinski definition) is 0. The molecule has 1 nitrogen and oxygen atoms in total. The Kier molecular flexibility index (Phi) is 3.37. The summed E-state index contributed by atoms with van der Waals surface area (Å²) >= 11 is 0. The number of nitrogens with zero attached hydrogens (tertiary/aromatic N) is 1. The summed E-state index contributed by atoms with van der Waals surface area (Å²) in [7, 11) is 2.07. The molecular formula is C23H26N+. The quantitative estimate of drug-likeness (QED) is 0.558. The average Bonchev–Trinajstić information content (AvgIpc) is 2.57. The first kappa shape index (κ1) is 12.9. The molecule has 0 fully saturated rings. The second-order valence-corrected chi connectivity index (χ2v) is 6.66. The van der Waals surface area contributed by atoms with Gasteiger partial charge in [0.15, 0.2) is 0 Å². The first-order valence-electron chi connectivity index (χ1n) is 9.78. The van der Waals surface area contributed by atoms with Crippen LogP contribution in [0.1, 0.15) is 31.9 Å². The van der Waals surface area contributed by atoms with E-state index >= 15 is 0 Å². The fourth-order valence-corrected chi connectivity index (χ4v) is 3.32. The second-order valence-electron chi connectivity index (χ2n) is 6.66. The van der Waals surface area contributed by atoms with Gasteiger partial charge < -0.3 is 0 Å². The van der Waals surface area contributed by atoms with Crippen molar-refractivity contribution in [3.63, 3.8) is 0 Å². The first-order chi connectivity index (χ1) is 12.6. The van der Waals surface area contributed by atoms with E-state index in [0.29, 0.717) is 5.56 Å². The summed E-state index contributed by atoms with van der Waals surface area (Å²) in [4.78, 5) is 0. The number of pyridine rings is 1. The van der Waals surface area contributed by atoms with Crippen molar-refractivity contribution >= 4 is 0 Å². The predicted octanol–water partition coefficient (Wildman–Crippen LogP) is 5.39. The van der Waals surface area contributed by atoms with E-state index in [1.165, 1.54) is 16.7 Å². The standard InChI is InChI=1S/C23H26N/c1-15-10-11-20(18(4)12-15)22-8-7-9-23(24(22)6)21-14-17(3)16(2)13-19(21)5/h7-14H,1-6H3/q+1/i2D3. The lowest BCUT2D eigenvalue weighted by atomic mass is 9.97. The third-order valence-electron chi connectivity index (χ3n) is 4.74. The van der Waals surface area contributed by atoms with Crippen LogP contribution in [0.5, 0.6) is 0 Å². The lowest BCUT2D eigenvalue weighted by molar-refractivity contribution is -0.649. The minimum atomic E-state index is -2.09. The summed E-state index contributed by atoms with van der Waals surface area (Å²) < 4.78 is 25.4. The molecule has 0 N–H and O–H groups in total. The molecule has 1 aromatic heterocycles. The molecule has 0 bridgehead atoms. The molecule has 0 radical (unpaired) electrons. The van der Waals surface area contributed by atoms with Crippen LogP contribution in [0.2, 0.25) is 0 Å². The van der Waals surface area contributed by atoms with Gasteiger partial charge >= 0.3 is 0 Å². The van der Waals surface area contributed by atoms with E-state index in [0.717, 1.165) is 28.1 Å². The van der Waals surface area contributed by atoms with Crippen LogP contribution < -0.4 is 4.57 Å². The average molecular weight is 319 g/mol. The lowest BCUT2D eigenvalue weighted by Crippen LogP contribution is -2.34. The molecule has 0 aliphatic rings. The number of rotatable bonds is 2. The molecule has 2 aromatic carbocycles. The van der Waals surface area contributed by atoms with E-state index < -0.39 is 6.85 Å². The van der Waals surface area contributed by atoms with Crippen LogP contribution >= 0.6 is 0 Å². The zero-order valence-corrected chi connectivity index (χ0v) is 15.1. The lowest BCUT2D eigenvalue weighted by Gasteiger charge is -2.11. The number of hydrogen-bond acceptors (Lipinski definition) is 0. The number of benzene rings is 2. The maximum absolute atomic E-state index is 7.74. The molecule has 0 spiro atoms. The molecule has 3 rings (SSSR count). The minimum Gasteiger partial charge on any atom is -0.194 e. The highest BCUT2D eigenvalue weighted by Gasteiger charge is 2.19. The Morgan fingerprint density at radius 2 is 1.38 bits per heavy atom. The van der Waals surface area contributed by atoms with Gasteiger partial charge in [0, 0.05) is 27.4 Å². The summed E-state index contributed by atoms with van der Waals surface area (Å²) in [5.74, 6) is 0. The number of aryl methyl sites for hydroxylation is 5. The summed E-state index contributed by atoms with van der Waals surface area (Å²) in [5.41, 5.74) is 9.18. The van der Waals surface area contributed by atoms with Gasteiger partial charge in [0.1, 0.15) is 7.05 Å². The fourth-order valence-electron chi connectivity index (χ4n) is 3.32. The van der Waals surface area contributed by atoms with Gasteiger partial charge in [-0.15, -0.1) is 0 Å². The van der Waals surface area contributed by atoms with E-state index in [2.05, 4.69) is 61.9 Å². The SMILES string of the molecule is [2H]C([2H])([2H])c1cc(C)c(-c2cccc(-c3ccc(C)cc3C)[n+]2C)cc1C. The van der Waals surface area contributed by atoms with Crippen molar-refractivity contribution in [3.8, 4) is 22.5 Å². The molecule has 0 aliphatic heterocycles. The maximum Gasteiger partial charge on any atom is 0.213 e. The molecule has 0 amide bonds. The van der Waals surface area contributed by atoms with E-state index in [1.807, 2.05) is 26.0 Å². The molecule has 0 saturated carbocycles. The highest BCUT2D eigenvalue weighted by atomic mass is 14.9. The minimum absolute atomic E-state index is 0.428. The van der Waals surface area contributed by atoms with Crippen molar-refractivity contribution in [1.29, 1.82) is 0 Å². The third kappa shape index (κ3) is 2.87. The molecule has 24 heavy (non-hydrogen) atoms. The monoisotopic (exact) mass is 319 g/mol. The van der Waals surface area contributed by atoms with Crippen LogP contribution in [-0.4, -0.2) is 0 Å². The smallest absolute Gasteiger partial charge is 0.194 e. The molecule has 0 aliphatic carbocycles. The Morgan fingerprint density at radius 1 is 0.708 bits per heavy atom. The van der Waals surface area contributed by atoms with Gasteiger partial charge in [0.2, 0.25) is 11.4 Å². The molecule has 0 saturated heterocycles. The van der Waals surface area contributed by atoms with Crippen LogP contribution in [0.25, 0.3) is 22.5 Å². The molecule has 1 heteroatoms. The van der Waals surface area contributed by atoms with Gasteiger partial charge in [0.25, 0.3) is 0 Å². The molecule has 0 atom stereocenters. The third-order valence-corrected chi connectivity index (χ3v) is 4.74. The van der Waals surface area contributed by atoms with E-state index in [1.54, 1.807) is 0 Å². The molecular weight excluding hydrogens is 290 g/mol. The Labute approximate surface area is 149 Å². The summed E-state index contributed by atoms with van der Waals surface area (Å²) in [6.07, 6.45) is 0. The van der Waals surface area contributed by atoms with Crippen LogP contribution in [0.3, 0.4) is 0 Å². The zero-order chi connectivity index (χ0) is 19.9. The van der Waals surface area contributed by atoms with Gasteiger partial charge in [-0.2, -0.15) is 4.57 Å². The highest BCUT2D eigenvalue weighted by Crippen LogP contribution is 2.27. The van der Waals surface area contributed by atoms with Gasteiger partial charge in [-0.3, -0.25) is 0 Å². The Bertz CT molecular complexity index is 1020. The fraction of sp³-hybridized carbons (Fsp3) is 0.261. The van der Waals surface area contributed by atoms with E-state index in [4.69, 9.17) is 4.11 Å². The topological polar surface area (TPSA) is 3.88 Å². The molecule has 3 aromatic rings. The van der Waals surface area contributed by atoms with Gasteiger partial charge in [-0.05, 0) is 75.0 Å². The van der Waals surface area contributed by atoms with Gasteiger partial charge in [-0.25, -0.2) is 0 Å². The summed E-state index contributed by atoms with van der Waals surface area (Å²) in [6, 6.07) is 16.6. The van der Waals surface area contributed by atoms with Crippen LogP contribution in [0.15, 0.2) is 48.5 Å².